The number of hydrogen-bond donors (Lipinski definition) is 1. The van der Waals surface area contributed by atoms with Gasteiger partial charge in [-0.1, -0.05) is 11.6 Å². The topological polar surface area (TPSA) is 46.0 Å². The third-order valence-electron chi connectivity index (χ3n) is 2.14. The van der Waals surface area contributed by atoms with Crippen LogP contribution in [0.3, 0.4) is 0 Å². The van der Waals surface area contributed by atoms with E-state index >= 15 is 0 Å². The molecule has 0 aromatic carbocycles. The van der Waals surface area contributed by atoms with Gasteiger partial charge >= 0.3 is 0 Å². The average molecular weight is 239 g/mol. The fourth-order valence-corrected chi connectivity index (χ4v) is 1.58. The normalized spacial score (nSPS) is 12.4. The molecule has 3 nitrogen and oxygen atoms in total. The van der Waals surface area contributed by atoms with Crippen molar-refractivity contribution in [3.05, 3.63) is 58.9 Å². The summed E-state index contributed by atoms with van der Waals surface area (Å²) in [6.45, 7) is 0. The minimum absolute atomic E-state index is 0.107. The van der Waals surface area contributed by atoms with Crippen molar-refractivity contribution >= 4 is 11.6 Å². The average Bonchev–Trinajstić information content (AvgIpc) is 2.29. The minimum atomic E-state index is -1.18. The molecule has 2 aromatic heterocycles. The maximum absolute atomic E-state index is 13.4. The highest BCUT2D eigenvalue weighted by Gasteiger charge is 2.18. The molecular formula is C11H8ClFN2O. The molecule has 0 aliphatic rings. The first kappa shape index (κ1) is 11.0. The molecule has 1 atom stereocenters. The van der Waals surface area contributed by atoms with E-state index < -0.39 is 11.9 Å². The number of halogens is 2. The van der Waals surface area contributed by atoms with Crippen molar-refractivity contribution < 1.29 is 9.50 Å². The molecule has 0 aliphatic carbocycles. The van der Waals surface area contributed by atoms with Gasteiger partial charge in [0.05, 0.1) is 16.9 Å². The summed E-state index contributed by atoms with van der Waals surface area (Å²) >= 11 is 5.86. The summed E-state index contributed by atoms with van der Waals surface area (Å²) in [6.07, 6.45) is 2.74. The van der Waals surface area contributed by atoms with E-state index in [4.69, 9.17) is 11.6 Å². The van der Waals surface area contributed by atoms with Gasteiger partial charge in [-0.15, -0.1) is 0 Å². The lowest BCUT2D eigenvalue weighted by Gasteiger charge is -2.11. The second kappa shape index (κ2) is 4.55. The van der Waals surface area contributed by atoms with Crippen LogP contribution in [0, 0.1) is 5.82 Å². The molecule has 0 amide bonds. The zero-order chi connectivity index (χ0) is 11.5. The van der Waals surface area contributed by atoms with Gasteiger partial charge in [0.25, 0.3) is 0 Å². The second-order valence-electron chi connectivity index (χ2n) is 3.17. The lowest BCUT2D eigenvalue weighted by molar-refractivity contribution is 0.210. The van der Waals surface area contributed by atoms with Crippen molar-refractivity contribution in [2.24, 2.45) is 0 Å². The lowest BCUT2D eigenvalue weighted by atomic mass is 10.1. The molecule has 0 saturated heterocycles. The highest BCUT2D eigenvalue weighted by molar-refractivity contribution is 6.31. The van der Waals surface area contributed by atoms with Crippen molar-refractivity contribution in [2.45, 2.75) is 6.10 Å². The van der Waals surface area contributed by atoms with Gasteiger partial charge in [0.15, 0.2) is 0 Å². The predicted molar refractivity (Wildman–Crippen MR) is 57.5 cm³/mol. The highest BCUT2D eigenvalue weighted by atomic mass is 35.5. The molecule has 5 heteroatoms. The molecule has 0 bridgehead atoms. The van der Waals surface area contributed by atoms with Crippen LogP contribution in [0.25, 0.3) is 0 Å². The molecule has 2 heterocycles. The minimum Gasteiger partial charge on any atom is -0.382 e. The zero-order valence-electron chi connectivity index (χ0n) is 8.14. The van der Waals surface area contributed by atoms with E-state index in [1.54, 1.807) is 12.1 Å². The van der Waals surface area contributed by atoms with Crippen LogP contribution in [0.15, 0.2) is 36.8 Å². The number of pyridine rings is 2. The van der Waals surface area contributed by atoms with Crippen LogP contribution < -0.4 is 0 Å². The van der Waals surface area contributed by atoms with Gasteiger partial charge in [0.1, 0.15) is 11.9 Å². The Hall–Kier alpha value is -1.52. The molecule has 0 fully saturated rings. The van der Waals surface area contributed by atoms with Crippen LogP contribution in [0.4, 0.5) is 4.39 Å². The first-order valence-corrected chi connectivity index (χ1v) is 4.96. The third-order valence-corrected chi connectivity index (χ3v) is 2.46. The van der Waals surface area contributed by atoms with Gasteiger partial charge in [-0.3, -0.25) is 9.97 Å². The Morgan fingerprint density at radius 1 is 1.31 bits per heavy atom. The van der Waals surface area contributed by atoms with Gasteiger partial charge < -0.3 is 5.11 Å². The molecular weight excluding hydrogens is 231 g/mol. The number of aromatic nitrogens is 2. The van der Waals surface area contributed by atoms with E-state index in [2.05, 4.69) is 9.97 Å². The zero-order valence-corrected chi connectivity index (χ0v) is 8.89. The van der Waals surface area contributed by atoms with Crippen LogP contribution in [0.5, 0.6) is 0 Å². The molecule has 16 heavy (non-hydrogen) atoms. The molecule has 0 spiro atoms. The molecule has 0 radical (unpaired) electrons. The van der Waals surface area contributed by atoms with Crippen molar-refractivity contribution in [3.63, 3.8) is 0 Å². The fraction of sp³-hybridized carbons (Fsp3) is 0.0909. The second-order valence-corrected chi connectivity index (χ2v) is 3.58. The van der Waals surface area contributed by atoms with Crippen LogP contribution in [0.1, 0.15) is 17.4 Å². The number of rotatable bonds is 2. The number of aliphatic hydroxyl groups excluding tert-OH is 1. The van der Waals surface area contributed by atoms with E-state index in [0.717, 1.165) is 6.20 Å². The maximum atomic E-state index is 13.4. The van der Waals surface area contributed by atoms with Crippen LogP contribution >= 0.6 is 11.6 Å². The van der Waals surface area contributed by atoms with Gasteiger partial charge in [0.2, 0.25) is 0 Å². The number of nitrogens with zero attached hydrogens (tertiary/aromatic N) is 2. The van der Waals surface area contributed by atoms with Crippen LogP contribution in [-0.4, -0.2) is 15.1 Å². The Morgan fingerprint density at radius 3 is 2.81 bits per heavy atom. The number of hydrogen-bond acceptors (Lipinski definition) is 3. The summed E-state index contributed by atoms with van der Waals surface area (Å²) in [6, 6.07) is 4.62. The molecule has 2 aromatic rings. The smallest absolute Gasteiger partial charge is 0.147 e. The molecule has 1 unspecified atom stereocenters. The van der Waals surface area contributed by atoms with Crippen molar-refractivity contribution in [3.8, 4) is 0 Å². The first-order valence-electron chi connectivity index (χ1n) is 4.58. The quantitative estimate of drug-likeness (QED) is 0.874. The van der Waals surface area contributed by atoms with E-state index in [9.17, 15) is 9.50 Å². The Balaban J connectivity index is 2.44. The van der Waals surface area contributed by atoms with E-state index in [0.29, 0.717) is 5.02 Å². The summed E-state index contributed by atoms with van der Waals surface area (Å²) in [4.78, 5) is 7.53. The SMILES string of the molecule is OC(c1ccncc1F)c1ncccc1Cl. The van der Waals surface area contributed by atoms with Crippen molar-refractivity contribution in [2.75, 3.05) is 0 Å². The third kappa shape index (κ3) is 2.03. The molecule has 2 rings (SSSR count). The van der Waals surface area contributed by atoms with Gasteiger partial charge in [-0.2, -0.15) is 0 Å². The summed E-state index contributed by atoms with van der Waals surface area (Å²) in [7, 11) is 0. The highest BCUT2D eigenvalue weighted by Crippen LogP contribution is 2.26. The monoisotopic (exact) mass is 238 g/mol. The predicted octanol–water partition coefficient (Wildman–Crippen LogP) is 2.35. The number of aliphatic hydroxyl groups is 1. The van der Waals surface area contributed by atoms with Crippen LogP contribution in [-0.2, 0) is 0 Å². The van der Waals surface area contributed by atoms with E-state index in [1.807, 2.05) is 0 Å². The summed E-state index contributed by atoms with van der Waals surface area (Å²) in [5.41, 5.74) is 0.338. The molecule has 0 aliphatic heterocycles. The van der Waals surface area contributed by atoms with Gasteiger partial charge in [-0.25, -0.2) is 4.39 Å². The Morgan fingerprint density at radius 2 is 2.12 bits per heavy atom. The molecule has 0 saturated carbocycles. The Labute approximate surface area is 96.6 Å². The van der Waals surface area contributed by atoms with Gasteiger partial charge in [0, 0.05) is 18.0 Å². The first-order chi connectivity index (χ1) is 7.70. The van der Waals surface area contributed by atoms with Crippen molar-refractivity contribution in [1.29, 1.82) is 0 Å². The molecule has 1 N–H and O–H groups in total. The Kier molecular flexibility index (Phi) is 3.12. The summed E-state index contributed by atoms with van der Waals surface area (Å²) < 4.78 is 13.4. The standard InChI is InChI=1S/C11H8ClFN2O/c12-8-2-1-4-15-10(8)11(16)7-3-5-14-6-9(7)13/h1-6,11,16H. The fourth-order valence-electron chi connectivity index (χ4n) is 1.35. The largest absolute Gasteiger partial charge is 0.382 e. The lowest BCUT2D eigenvalue weighted by Crippen LogP contribution is -2.05. The maximum Gasteiger partial charge on any atom is 0.147 e. The van der Waals surface area contributed by atoms with E-state index in [1.165, 1.54) is 18.5 Å². The summed E-state index contributed by atoms with van der Waals surface area (Å²) in [5, 5.41) is 10.2. The van der Waals surface area contributed by atoms with Crippen LogP contribution in [0.2, 0.25) is 5.02 Å². The Bertz CT molecular complexity index is 461. The van der Waals surface area contributed by atoms with E-state index in [-0.39, 0.29) is 11.3 Å². The summed E-state index contributed by atoms with van der Waals surface area (Å²) in [5.74, 6) is -0.586. The molecule has 82 valence electrons. The van der Waals surface area contributed by atoms with Gasteiger partial charge in [-0.05, 0) is 18.2 Å². The van der Waals surface area contributed by atoms with Crippen molar-refractivity contribution in [1.82, 2.24) is 9.97 Å².